The highest BCUT2D eigenvalue weighted by Gasteiger charge is 2.12. The van der Waals surface area contributed by atoms with E-state index < -0.39 is 0 Å². The van der Waals surface area contributed by atoms with Crippen molar-refractivity contribution in [1.29, 1.82) is 0 Å². The fourth-order valence-electron chi connectivity index (χ4n) is 2.78. The van der Waals surface area contributed by atoms with Crippen LogP contribution in [0.3, 0.4) is 0 Å². The molecule has 0 unspecified atom stereocenters. The van der Waals surface area contributed by atoms with Crippen LogP contribution in [0.5, 0.6) is 5.75 Å². The predicted molar refractivity (Wildman–Crippen MR) is 77.4 cm³/mol. The maximum atomic E-state index is 5.40. The standard InChI is InChI=1S/C16H25NO/c1-13-9-10-16(18-2)15(11-13)17-12-14-7-5-3-4-6-8-14/h9-11,14,17H,3-8,12H2,1-2H3. The zero-order chi connectivity index (χ0) is 12.8. The predicted octanol–water partition coefficient (Wildman–Crippen LogP) is 4.39. The van der Waals surface area contributed by atoms with E-state index >= 15 is 0 Å². The molecule has 100 valence electrons. The molecule has 0 heterocycles. The molecule has 0 spiro atoms. The van der Waals surface area contributed by atoms with E-state index in [1.165, 1.54) is 44.1 Å². The summed E-state index contributed by atoms with van der Waals surface area (Å²) in [5, 5.41) is 3.58. The molecule has 1 aromatic rings. The van der Waals surface area contributed by atoms with Gasteiger partial charge in [-0.3, -0.25) is 0 Å². The van der Waals surface area contributed by atoms with Gasteiger partial charge in [-0.1, -0.05) is 31.7 Å². The van der Waals surface area contributed by atoms with Crippen molar-refractivity contribution >= 4 is 5.69 Å². The van der Waals surface area contributed by atoms with Crippen molar-refractivity contribution in [3.63, 3.8) is 0 Å². The van der Waals surface area contributed by atoms with Gasteiger partial charge in [0.05, 0.1) is 12.8 Å². The van der Waals surface area contributed by atoms with Crippen LogP contribution < -0.4 is 10.1 Å². The molecule has 0 bridgehead atoms. The molecule has 0 atom stereocenters. The second-order valence-electron chi connectivity index (χ2n) is 5.44. The van der Waals surface area contributed by atoms with E-state index in [0.717, 1.165) is 23.9 Å². The van der Waals surface area contributed by atoms with E-state index in [2.05, 4.69) is 24.4 Å². The smallest absolute Gasteiger partial charge is 0.141 e. The lowest BCUT2D eigenvalue weighted by Gasteiger charge is -2.17. The van der Waals surface area contributed by atoms with Gasteiger partial charge in [0, 0.05) is 6.54 Å². The molecule has 2 heteroatoms. The topological polar surface area (TPSA) is 21.3 Å². The summed E-state index contributed by atoms with van der Waals surface area (Å²) in [6, 6.07) is 6.32. The highest BCUT2D eigenvalue weighted by Crippen LogP contribution is 2.27. The van der Waals surface area contributed by atoms with Gasteiger partial charge in [-0.05, 0) is 43.4 Å². The Morgan fingerprint density at radius 1 is 1.17 bits per heavy atom. The Balaban J connectivity index is 1.94. The van der Waals surface area contributed by atoms with Crippen LogP contribution in [-0.2, 0) is 0 Å². The van der Waals surface area contributed by atoms with Crippen molar-refractivity contribution in [3.05, 3.63) is 23.8 Å². The molecule has 1 saturated carbocycles. The number of benzene rings is 1. The lowest BCUT2D eigenvalue weighted by Crippen LogP contribution is -2.14. The summed E-state index contributed by atoms with van der Waals surface area (Å²) in [7, 11) is 1.74. The molecule has 0 aromatic heterocycles. The minimum absolute atomic E-state index is 0.831. The van der Waals surface area contributed by atoms with Crippen LogP contribution >= 0.6 is 0 Å². The third kappa shape index (κ3) is 3.66. The van der Waals surface area contributed by atoms with E-state index in [1.807, 2.05) is 6.07 Å². The van der Waals surface area contributed by atoms with Crippen LogP contribution in [0.15, 0.2) is 18.2 Å². The number of hydrogen-bond donors (Lipinski definition) is 1. The molecule has 0 amide bonds. The summed E-state index contributed by atoms with van der Waals surface area (Å²) in [5.41, 5.74) is 2.42. The van der Waals surface area contributed by atoms with Crippen molar-refractivity contribution in [2.75, 3.05) is 19.0 Å². The quantitative estimate of drug-likeness (QED) is 0.797. The summed E-state index contributed by atoms with van der Waals surface area (Å²) in [6.45, 7) is 3.20. The summed E-state index contributed by atoms with van der Waals surface area (Å²) >= 11 is 0. The van der Waals surface area contributed by atoms with Crippen molar-refractivity contribution in [2.45, 2.75) is 45.4 Å². The number of aryl methyl sites for hydroxylation is 1. The minimum atomic E-state index is 0.831. The highest BCUT2D eigenvalue weighted by molar-refractivity contribution is 5.57. The van der Waals surface area contributed by atoms with Gasteiger partial charge in [0.25, 0.3) is 0 Å². The Bertz CT molecular complexity index is 367. The van der Waals surface area contributed by atoms with Gasteiger partial charge in [-0.25, -0.2) is 0 Å². The number of anilines is 1. The second kappa shape index (κ2) is 6.67. The lowest BCUT2D eigenvalue weighted by atomic mass is 10.0. The van der Waals surface area contributed by atoms with E-state index in [9.17, 15) is 0 Å². The number of rotatable bonds is 4. The van der Waals surface area contributed by atoms with Crippen LogP contribution in [0.4, 0.5) is 5.69 Å². The molecule has 0 aliphatic heterocycles. The van der Waals surface area contributed by atoms with Gasteiger partial charge < -0.3 is 10.1 Å². The number of hydrogen-bond acceptors (Lipinski definition) is 2. The van der Waals surface area contributed by atoms with Crippen LogP contribution in [0, 0.1) is 12.8 Å². The molecular formula is C16H25NO. The van der Waals surface area contributed by atoms with Gasteiger partial charge in [-0.2, -0.15) is 0 Å². The molecule has 2 nitrogen and oxygen atoms in total. The zero-order valence-electron chi connectivity index (χ0n) is 11.7. The first-order valence-corrected chi connectivity index (χ1v) is 7.18. The first kappa shape index (κ1) is 13.3. The van der Waals surface area contributed by atoms with Gasteiger partial charge in [0.1, 0.15) is 5.75 Å². The minimum Gasteiger partial charge on any atom is -0.495 e. The van der Waals surface area contributed by atoms with E-state index in [-0.39, 0.29) is 0 Å². The average Bonchev–Trinajstić information content (AvgIpc) is 2.65. The fourth-order valence-corrected chi connectivity index (χ4v) is 2.78. The maximum Gasteiger partial charge on any atom is 0.141 e. The third-order valence-electron chi connectivity index (χ3n) is 3.91. The van der Waals surface area contributed by atoms with E-state index in [4.69, 9.17) is 4.74 Å². The Morgan fingerprint density at radius 3 is 2.56 bits per heavy atom. The Labute approximate surface area is 111 Å². The number of methoxy groups -OCH3 is 1. The molecule has 1 fully saturated rings. The normalized spacial score (nSPS) is 17.2. The maximum absolute atomic E-state index is 5.40. The first-order chi connectivity index (χ1) is 8.79. The fraction of sp³-hybridized carbons (Fsp3) is 0.625. The van der Waals surface area contributed by atoms with Crippen LogP contribution in [0.1, 0.15) is 44.1 Å². The highest BCUT2D eigenvalue weighted by atomic mass is 16.5. The van der Waals surface area contributed by atoms with Gasteiger partial charge in [-0.15, -0.1) is 0 Å². The lowest BCUT2D eigenvalue weighted by molar-refractivity contribution is 0.415. The summed E-state index contributed by atoms with van der Waals surface area (Å²) in [4.78, 5) is 0. The third-order valence-corrected chi connectivity index (χ3v) is 3.91. The molecule has 0 radical (unpaired) electrons. The SMILES string of the molecule is COc1ccc(C)cc1NCC1CCCCCC1. The van der Waals surface area contributed by atoms with E-state index in [1.54, 1.807) is 7.11 Å². The van der Waals surface area contributed by atoms with Gasteiger partial charge in [0.2, 0.25) is 0 Å². The molecule has 1 aliphatic carbocycles. The molecule has 1 N–H and O–H groups in total. The Hall–Kier alpha value is -1.18. The molecular weight excluding hydrogens is 222 g/mol. The van der Waals surface area contributed by atoms with Crippen molar-refractivity contribution in [3.8, 4) is 5.75 Å². The summed E-state index contributed by atoms with van der Waals surface area (Å²) in [5.74, 6) is 1.78. The Morgan fingerprint density at radius 2 is 1.89 bits per heavy atom. The summed E-state index contributed by atoms with van der Waals surface area (Å²) < 4.78 is 5.40. The second-order valence-corrected chi connectivity index (χ2v) is 5.44. The largest absolute Gasteiger partial charge is 0.495 e. The molecule has 1 aliphatic rings. The number of nitrogens with one attached hydrogen (secondary N) is 1. The van der Waals surface area contributed by atoms with Crippen molar-refractivity contribution < 1.29 is 4.74 Å². The molecule has 2 rings (SSSR count). The average molecular weight is 247 g/mol. The number of ether oxygens (including phenoxy) is 1. The molecule has 0 saturated heterocycles. The van der Waals surface area contributed by atoms with E-state index in [0.29, 0.717) is 0 Å². The Kier molecular flexibility index (Phi) is 4.91. The summed E-state index contributed by atoms with van der Waals surface area (Å²) in [6.07, 6.45) is 8.39. The van der Waals surface area contributed by atoms with Gasteiger partial charge in [0.15, 0.2) is 0 Å². The van der Waals surface area contributed by atoms with Gasteiger partial charge >= 0.3 is 0 Å². The molecule has 18 heavy (non-hydrogen) atoms. The first-order valence-electron chi connectivity index (χ1n) is 7.18. The molecule has 1 aromatic carbocycles. The zero-order valence-corrected chi connectivity index (χ0v) is 11.7. The van der Waals surface area contributed by atoms with Crippen LogP contribution in [-0.4, -0.2) is 13.7 Å². The van der Waals surface area contributed by atoms with Crippen LogP contribution in [0.25, 0.3) is 0 Å². The monoisotopic (exact) mass is 247 g/mol. The van der Waals surface area contributed by atoms with Crippen molar-refractivity contribution in [2.24, 2.45) is 5.92 Å². The van der Waals surface area contributed by atoms with Crippen molar-refractivity contribution in [1.82, 2.24) is 0 Å². The van der Waals surface area contributed by atoms with Crippen LogP contribution in [0.2, 0.25) is 0 Å².